The van der Waals surface area contributed by atoms with Crippen molar-refractivity contribution < 1.29 is 18.3 Å². The van der Waals surface area contributed by atoms with Gasteiger partial charge in [-0.3, -0.25) is 0 Å². The number of aromatic nitrogens is 1. The molecule has 0 spiro atoms. The molecule has 0 aliphatic carbocycles. The maximum absolute atomic E-state index is 11.4. The second-order valence-corrected chi connectivity index (χ2v) is 6.39. The van der Waals surface area contributed by atoms with Gasteiger partial charge in [-0.05, 0) is 27.4 Å². The molecule has 0 fully saturated rings. The standard InChI is InChI=1S/C8H5BrN2O4S3/c9-4-1-2-16-6(4)11(18(14)15)7-5(8(12)13)10-3-17-7/h1-3,18H,(H,12,13). The Morgan fingerprint density at radius 1 is 1.39 bits per heavy atom. The molecule has 10 heteroatoms. The third kappa shape index (κ3) is 2.41. The Morgan fingerprint density at radius 2 is 2.11 bits per heavy atom. The van der Waals surface area contributed by atoms with Gasteiger partial charge in [-0.2, -0.15) is 0 Å². The van der Waals surface area contributed by atoms with Crippen LogP contribution in [0.4, 0.5) is 10.0 Å². The number of thiophene rings is 1. The summed E-state index contributed by atoms with van der Waals surface area (Å²) in [5, 5.41) is 11.1. The van der Waals surface area contributed by atoms with Gasteiger partial charge >= 0.3 is 5.97 Å². The van der Waals surface area contributed by atoms with Crippen LogP contribution in [0.15, 0.2) is 21.4 Å². The number of hydrogen-bond donors (Lipinski definition) is 2. The third-order valence-corrected chi connectivity index (χ3v) is 5.51. The molecule has 6 nitrogen and oxygen atoms in total. The zero-order chi connectivity index (χ0) is 13.3. The van der Waals surface area contributed by atoms with Crippen molar-refractivity contribution in [3.63, 3.8) is 0 Å². The van der Waals surface area contributed by atoms with E-state index in [9.17, 15) is 13.2 Å². The van der Waals surface area contributed by atoms with Crippen molar-refractivity contribution in [3.8, 4) is 0 Å². The number of rotatable bonds is 4. The number of thiazole rings is 1. The van der Waals surface area contributed by atoms with Gasteiger partial charge in [0.15, 0.2) is 5.69 Å². The molecule has 0 saturated heterocycles. The summed E-state index contributed by atoms with van der Waals surface area (Å²) in [4.78, 5) is 14.6. The highest BCUT2D eigenvalue weighted by atomic mass is 79.9. The van der Waals surface area contributed by atoms with E-state index in [2.05, 4.69) is 20.9 Å². The minimum Gasteiger partial charge on any atom is -0.476 e. The maximum Gasteiger partial charge on any atom is 0.357 e. The number of anilines is 2. The highest BCUT2D eigenvalue weighted by Gasteiger charge is 2.24. The topological polar surface area (TPSA) is 87.6 Å². The van der Waals surface area contributed by atoms with Gasteiger partial charge in [0.25, 0.3) is 0 Å². The lowest BCUT2D eigenvalue weighted by molar-refractivity contribution is 0.0692. The van der Waals surface area contributed by atoms with Gasteiger partial charge in [0.1, 0.15) is 10.0 Å². The van der Waals surface area contributed by atoms with E-state index >= 15 is 0 Å². The van der Waals surface area contributed by atoms with E-state index in [0.717, 1.165) is 15.6 Å². The summed E-state index contributed by atoms with van der Waals surface area (Å²) in [6, 6.07) is 1.69. The van der Waals surface area contributed by atoms with Crippen molar-refractivity contribution in [2.75, 3.05) is 4.31 Å². The molecular formula is C8H5BrN2O4S3. The van der Waals surface area contributed by atoms with Gasteiger partial charge in [-0.25, -0.2) is 22.5 Å². The first-order valence-corrected chi connectivity index (χ1v) is 8.05. The van der Waals surface area contributed by atoms with E-state index in [-0.39, 0.29) is 10.7 Å². The number of carboxylic acids is 1. The second-order valence-electron chi connectivity index (χ2n) is 2.93. The fourth-order valence-electron chi connectivity index (χ4n) is 1.21. The molecule has 0 aliphatic heterocycles. The van der Waals surface area contributed by atoms with Gasteiger partial charge in [0.05, 0.1) is 9.98 Å². The molecule has 96 valence electrons. The summed E-state index contributed by atoms with van der Waals surface area (Å²) in [6.45, 7) is 0. The van der Waals surface area contributed by atoms with E-state index in [1.54, 1.807) is 11.4 Å². The molecule has 0 bridgehead atoms. The minimum absolute atomic E-state index is 0.0711. The summed E-state index contributed by atoms with van der Waals surface area (Å²) in [5.41, 5.74) is 1.02. The van der Waals surface area contributed by atoms with Crippen molar-refractivity contribution in [2.45, 2.75) is 0 Å². The third-order valence-electron chi connectivity index (χ3n) is 1.90. The summed E-state index contributed by atoms with van der Waals surface area (Å²) >= 11 is 5.36. The number of carbonyl (C=O) groups is 1. The van der Waals surface area contributed by atoms with Gasteiger partial charge < -0.3 is 5.11 Å². The quantitative estimate of drug-likeness (QED) is 0.808. The largest absolute Gasteiger partial charge is 0.476 e. The number of halogens is 1. The van der Waals surface area contributed by atoms with Gasteiger partial charge in [-0.1, -0.05) is 0 Å². The Bertz CT molecular complexity index is 655. The van der Waals surface area contributed by atoms with E-state index in [1.807, 2.05) is 0 Å². The van der Waals surface area contributed by atoms with Crippen molar-refractivity contribution in [2.24, 2.45) is 0 Å². The molecule has 0 atom stereocenters. The van der Waals surface area contributed by atoms with Gasteiger partial charge in [0.2, 0.25) is 10.9 Å². The van der Waals surface area contributed by atoms with E-state index in [0.29, 0.717) is 9.47 Å². The molecule has 2 heterocycles. The average molecular weight is 369 g/mol. The van der Waals surface area contributed by atoms with Crippen LogP contribution < -0.4 is 4.31 Å². The normalized spacial score (nSPS) is 10.8. The van der Waals surface area contributed by atoms with Crippen molar-refractivity contribution in [1.29, 1.82) is 0 Å². The number of thiol groups is 1. The highest BCUT2D eigenvalue weighted by Crippen LogP contribution is 2.40. The lowest BCUT2D eigenvalue weighted by atomic mass is 10.4. The molecule has 0 unspecified atom stereocenters. The summed E-state index contributed by atoms with van der Waals surface area (Å²) in [5.74, 6) is -1.26. The molecule has 0 aliphatic rings. The first-order chi connectivity index (χ1) is 8.52. The molecular weight excluding hydrogens is 364 g/mol. The van der Waals surface area contributed by atoms with Gasteiger partial charge in [-0.15, -0.1) is 22.7 Å². The highest BCUT2D eigenvalue weighted by molar-refractivity contribution is 9.10. The van der Waals surface area contributed by atoms with Crippen LogP contribution in [0.25, 0.3) is 0 Å². The smallest absolute Gasteiger partial charge is 0.357 e. The Balaban J connectivity index is 2.60. The Hall–Kier alpha value is -0.970. The first kappa shape index (κ1) is 13.5. The molecule has 0 radical (unpaired) electrons. The number of nitrogens with zero attached hydrogens (tertiary/aromatic N) is 2. The molecule has 0 saturated carbocycles. The molecule has 2 aromatic heterocycles. The predicted molar refractivity (Wildman–Crippen MR) is 73.5 cm³/mol. The van der Waals surface area contributed by atoms with E-state index in [4.69, 9.17) is 5.11 Å². The van der Waals surface area contributed by atoms with E-state index in [1.165, 1.54) is 16.8 Å². The van der Waals surface area contributed by atoms with Crippen LogP contribution in [-0.4, -0.2) is 24.5 Å². The number of aromatic carboxylic acids is 1. The van der Waals surface area contributed by atoms with Gasteiger partial charge in [0, 0.05) is 0 Å². The lowest BCUT2D eigenvalue weighted by Gasteiger charge is -2.14. The Labute approximate surface area is 120 Å². The zero-order valence-corrected chi connectivity index (χ0v) is 12.6. The van der Waals surface area contributed by atoms with Crippen LogP contribution in [0.3, 0.4) is 0 Å². The van der Waals surface area contributed by atoms with Crippen molar-refractivity contribution >= 4 is 65.5 Å². The van der Waals surface area contributed by atoms with Crippen LogP contribution in [0, 0.1) is 0 Å². The Kier molecular flexibility index (Phi) is 4.00. The van der Waals surface area contributed by atoms with Crippen LogP contribution >= 0.6 is 38.6 Å². The lowest BCUT2D eigenvalue weighted by Crippen LogP contribution is -2.15. The average Bonchev–Trinajstić information content (AvgIpc) is 2.89. The summed E-state index contributed by atoms with van der Waals surface area (Å²) in [7, 11) is -3.00. The fraction of sp³-hybridized carbons (Fsp3) is 0. The minimum atomic E-state index is -3.00. The molecule has 0 amide bonds. The van der Waals surface area contributed by atoms with Crippen LogP contribution in [0.2, 0.25) is 0 Å². The zero-order valence-electron chi connectivity index (χ0n) is 8.44. The van der Waals surface area contributed by atoms with Crippen LogP contribution in [0.5, 0.6) is 0 Å². The van der Waals surface area contributed by atoms with E-state index < -0.39 is 16.9 Å². The summed E-state index contributed by atoms with van der Waals surface area (Å²) < 4.78 is 24.2. The Morgan fingerprint density at radius 3 is 2.61 bits per heavy atom. The maximum atomic E-state index is 11.4. The summed E-state index contributed by atoms with van der Waals surface area (Å²) in [6.07, 6.45) is 0. The molecule has 0 aromatic carbocycles. The molecule has 18 heavy (non-hydrogen) atoms. The van der Waals surface area contributed by atoms with Crippen LogP contribution in [0.1, 0.15) is 10.5 Å². The second kappa shape index (κ2) is 5.34. The number of carboxylic acid groups (broad SMARTS) is 1. The predicted octanol–water partition coefficient (Wildman–Crippen LogP) is 2.33. The fourth-order valence-corrected chi connectivity index (χ4v) is 4.76. The monoisotopic (exact) mass is 368 g/mol. The molecule has 1 N–H and O–H groups in total. The number of hydrogen-bond acceptors (Lipinski definition) is 6. The first-order valence-electron chi connectivity index (χ1n) is 4.36. The molecule has 2 rings (SSSR count). The molecule has 2 aromatic rings. The SMILES string of the molecule is O=C(O)c1ncsc1N(c1sccc1Br)[SH](=O)=O. The van der Waals surface area contributed by atoms with Crippen molar-refractivity contribution in [1.82, 2.24) is 4.98 Å². The van der Waals surface area contributed by atoms with Crippen molar-refractivity contribution in [3.05, 3.63) is 27.1 Å². The van der Waals surface area contributed by atoms with Crippen LogP contribution in [-0.2, 0) is 10.9 Å².